The van der Waals surface area contributed by atoms with E-state index >= 15 is 0 Å². The van der Waals surface area contributed by atoms with Crippen LogP contribution in [0.5, 0.6) is 0 Å². The molecule has 0 saturated carbocycles. The summed E-state index contributed by atoms with van der Waals surface area (Å²) in [7, 11) is 0. The number of hydrogen-bond donors (Lipinski definition) is 2. The van der Waals surface area contributed by atoms with Gasteiger partial charge in [0.15, 0.2) is 0 Å². The summed E-state index contributed by atoms with van der Waals surface area (Å²) in [6.07, 6.45) is 2.01. The molecule has 3 nitrogen and oxygen atoms in total. The molecule has 3 aromatic carbocycles. The number of halogens is 1. The molecule has 0 aliphatic rings. The summed E-state index contributed by atoms with van der Waals surface area (Å²) in [5.74, 6) is -0.144. The van der Waals surface area contributed by atoms with Crippen molar-refractivity contribution in [1.82, 2.24) is 10.3 Å². The van der Waals surface area contributed by atoms with Crippen molar-refractivity contribution in [2.24, 2.45) is 0 Å². The van der Waals surface area contributed by atoms with Gasteiger partial charge in [-0.2, -0.15) is 0 Å². The minimum atomic E-state index is -0.0903. The van der Waals surface area contributed by atoms with Gasteiger partial charge in [-0.15, -0.1) is 0 Å². The molecule has 0 radical (unpaired) electrons. The molecule has 4 heteroatoms. The van der Waals surface area contributed by atoms with E-state index in [1.54, 1.807) is 0 Å². The highest BCUT2D eigenvalue weighted by Crippen LogP contribution is 2.34. The Hall–Kier alpha value is -3.04. The quantitative estimate of drug-likeness (QED) is 0.483. The molecule has 0 saturated heterocycles. The van der Waals surface area contributed by atoms with E-state index in [4.69, 9.17) is 11.6 Å². The maximum Gasteiger partial charge on any atom is 0.251 e. The van der Waals surface area contributed by atoms with Crippen LogP contribution < -0.4 is 5.32 Å². The largest absolute Gasteiger partial charge is 0.361 e. The maximum absolute atomic E-state index is 12.5. The zero-order valence-corrected chi connectivity index (χ0v) is 15.4. The Balaban J connectivity index is 1.69. The van der Waals surface area contributed by atoms with Gasteiger partial charge >= 0.3 is 0 Å². The number of H-pyrrole nitrogens is 1. The van der Waals surface area contributed by atoms with E-state index in [2.05, 4.69) is 16.4 Å². The fraction of sp³-hybridized carbons (Fsp3) is 0.0870. The first-order valence-corrected chi connectivity index (χ1v) is 9.25. The Bertz CT molecular complexity index is 1070. The predicted octanol–water partition coefficient (Wildman–Crippen LogP) is 5.38. The van der Waals surface area contributed by atoms with Crippen LogP contribution in [0.3, 0.4) is 0 Å². The van der Waals surface area contributed by atoms with Crippen molar-refractivity contribution in [2.75, 3.05) is 6.54 Å². The lowest BCUT2D eigenvalue weighted by Crippen LogP contribution is -2.29. The maximum atomic E-state index is 12.5. The number of rotatable bonds is 5. The molecule has 2 N–H and O–H groups in total. The standard InChI is InChI=1S/C23H19ClN2O/c24-21-12-6-4-10-17(21)19(15-26-23(27)16-8-2-1-3-9-16)20-14-25-22-13-7-5-11-18(20)22/h1-14,19,25H,15H2,(H,26,27)/t19-/m0/s1. The third kappa shape index (κ3) is 3.60. The first-order chi connectivity index (χ1) is 13.2. The molecule has 4 rings (SSSR count). The van der Waals surface area contributed by atoms with Gasteiger partial charge in [0, 0.05) is 40.1 Å². The first-order valence-electron chi connectivity index (χ1n) is 8.87. The summed E-state index contributed by atoms with van der Waals surface area (Å²) in [6, 6.07) is 25.2. The Kier molecular flexibility index (Phi) is 4.95. The van der Waals surface area contributed by atoms with Crippen molar-refractivity contribution >= 4 is 28.4 Å². The highest BCUT2D eigenvalue weighted by Gasteiger charge is 2.21. The van der Waals surface area contributed by atoms with E-state index in [-0.39, 0.29) is 11.8 Å². The highest BCUT2D eigenvalue weighted by molar-refractivity contribution is 6.31. The first kappa shape index (κ1) is 17.4. The van der Waals surface area contributed by atoms with Crippen molar-refractivity contribution in [3.8, 4) is 0 Å². The van der Waals surface area contributed by atoms with E-state index in [0.717, 1.165) is 22.0 Å². The minimum absolute atomic E-state index is 0.0532. The van der Waals surface area contributed by atoms with E-state index < -0.39 is 0 Å². The third-order valence-electron chi connectivity index (χ3n) is 4.78. The zero-order valence-electron chi connectivity index (χ0n) is 14.7. The van der Waals surface area contributed by atoms with Crippen LogP contribution in [0.2, 0.25) is 5.02 Å². The van der Waals surface area contributed by atoms with E-state index in [1.807, 2.05) is 79.0 Å². The predicted molar refractivity (Wildman–Crippen MR) is 110 cm³/mol. The molecule has 0 fully saturated rings. The molecular weight excluding hydrogens is 356 g/mol. The molecule has 1 aromatic heterocycles. The molecule has 0 aliphatic heterocycles. The molecule has 0 spiro atoms. The summed E-state index contributed by atoms with van der Waals surface area (Å²) < 4.78 is 0. The second-order valence-corrected chi connectivity index (χ2v) is 6.85. The van der Waals surface area contributed by atoms with Gasteiger partial charge in [0.05, 0.1) is 0 Å². The number of fused-ring (bicyclic) bond motifs is 1. The summed E-state index contributed by atoms with van der Waals surface area (Å²) in [4.78, 5) is 15.9. The number of nitrogens with one attached hydrogen (secondary N) is 2. The van der Waals surface area contributed by atoms with Crippen LogP contribution in [0.25, 0.3) is 10.9 Å². The van der Waals surface area contributed by atoms with Gasteiger partial charge in [0.1, 0.15) is 0 Å². The van der Waals surface area contributed by atoms with E-state index in [0.29, 0.717) is 17.1 Å². The Morgan fingerprint density at radius 1 is 0.889 bits per heavy atom. The number of carbonyl (C=O) groups is 1. The number of benzene rings is 3. The van der Waals surface area contributed by atoms with Crippen LogP contribution in [-0.4, -0.2) is 17.4 Å². The van der Waals surface area contributed by atoms with Crippen LogP contribution in [0.4, 0.5) is 0 Å². The summed E-state index contributed by atoms with van der Waals surface area (Å²) in [5.41, 5.74) is 3.83. The minimum Gasteiger partial charge on any atom is -0.361 e. The van der Waals surface area contributed by atoms with Gasteiger partial charge in [-0.05, 0) is 35.4 Å². The SMILES string of the molecule is O=C(NC[C@@H](c1ccccc1Cl)c1c[nH]c2ccccc12)c1ccccc1. The molecule has 0 aliphatic carbocycles. The van der Waals surface area contributed by atoms with Gasteiger partial charge < -0.3 is 10.3 Å². The average Bonchev–Trinajstić information content (AvgIpc) is 3.14. The summed E-state index contributed by atoms with van der Waals surface area (Å²) in [6.45, 7) is 0.458. The van der Waals surface area contributed by atoms with Gasteiger partial charge in [-0.3, -0.25) is 4.79 Å². The third-order valence-corrected chi connectivity index (χ3v) is 5.12. The topological polar surface area (TPSA) is 44.9 Å². The fourth-order valence-electron chi connectivity index (χ4n) is 3.41. The second-order valence-electron chi connectivity index (χ2n) is 6.44. The lowest BCUT2D eigenvalue weighted by molar-refractivity contribution is 0.0952. The molecule has 1 atom stereocenters. The van der Waals surface area contributed by atoms with Crippen molar-refractivity contribution in [1.29, 1.82) is 0 Å². The Labute approximate surface area is 163 Å². The summed E-state index contributed by atoms with van der Waals surface area (Å²) >= 11 is 6.50. The van der Waals surface area contributed by atoms with Gasteiger partial charge in [0.25, 0.3) is 5.91 Å². The molecule has 134 valence electrons. The summed E-state index contributed by atoms with van der Waals surface area (Å²) in [5, 5.41) is 4.90. The van der Waals surface area contributed by atoms with Gasteiger partial charge in [0.2, 0.25) is 0 Å². The number of amides is 1. The van der Waals surface area contributed by atoms with Crippen molar-refractivity contribution < 1.29 is 4.79 Å². The van der Waals surface area contributed by atoms with Crippen LogP contribution >= 0.6 is 11.6 Å². The Morgan fingerprint density at radius 3 is 2.41 bits per heavy atom. The van der Waals surface area contributed by atoms with E-state index in [1.165, 1.54) is 0 Å². The zero-order chi connectivity index (χ0) is 18.6. The second kappa shape index (κ2) is 7.68. The average molecular weight is 375 g/mol. The van der Waals surface area contributed by atoms with Crippen LogP contribution in [-0.2, 0) is 0 Å². The smallest absolute Gasteiger partial charge is 0.251 e. The van der Waals surface area contributed by atoms with Crippen molar-refractivity contribution in [3.05, 3.63) is 107 Å². The fourth-order valence-corrected chi connectivity index (χ4v) is 3.68. The van der Waals surface area contributed by atoms with Crippen LogP contribution in [0.1, 0.15) is 27.4 Å². The number of aromatic amines is 1. The number of carbonyl (C=O) groups excluding carboxylic acids is 1. The molecule has 1 amide bonds. The molecule has 0 bridgehead atoms. The molecule has 27 heavy (non-hydrogen) atoms. The van der Waals surface area contributed by atoms with E-state index in [9.17, 15) is 4.79 Å². The molecular formula is C23H19ClN2O. The number of aromatic nitrogens is 1. The van der Waals surface area contributed by atoms with Crippen LogP contribution in [0, 0.1) is 0 Å². The van der Waals surface area contributed by atoms with Crippen molar-refractivity contribution in [3.63, 3.8) is 0 Å². The number of hydrogen-bond acceptors (Lipinski definition) is 1. The lowest BCUT2D eigenvalue weighted by atomic mass is 9.90. The van der Waals surface area contributed by atoms with Gasteiger partial charge in [-0.25, -0.2) is 0 Å². The van der Waals surface area contributed by atoms with Crippen LogP contribution in [0.15, 0.2) is 85.1 Å². The van der Waals surface area contributed by atoms with Gasteiger partial charge in [-0.1, -0.05) is 66.2 Å². The Morgan fingerprint density at radius 2 is 1.59 bits per heavy atom. The monoisotopic (exact) mass is 374 g/mol. The normalized spacial score (nSPS) is 12.0. The molecule has 1 heterocycles. The highest BCUT2D eigenvalue weighted by atomic mass is 35.5. The number of para-hydroxylation sites is 1. The molecule has 4 aromatic rings. The lowest BCUT2D eigenvalue weighted by Gasteiger charge is -2.19. The van der Waals surface area contributed by atoms with Crippen molar-refractivity contribution in [2.45, 2.75) is 5.92 Å². The molecule has 0 unspecified atom stereocenters.